The van der Waals surface area contributed by atoms with Crippen LogP contribution in [0.15, 0.2) is 18.2 Å². The SMILES string of the molecule is COCC(C)N(C)c1ccc([C@H](C)N)cc1Cl. The Morgan fingerprint density at radius 2 is 2.06 bits per heavy atom. The molecule has 0 aromatic heterocycles. The van der Waals surface area contributed by atoms with E-state index in [0.29, 0.717) is 6.61 Å². The average Bonchev–Trinajstić information content (AvgIpc) is 2.28. The van der Waals surface area contributed by atoms with E-state index in [4.69, 9.17) is 22.1 Å². The third kappa shape index (κ3) is 3.60. The molecule has 0 aliphatic rings. The zero-order chi connectivity index (χ0) is 13.0. The van der Waals surface area contributed by atoms with E-state index in [1.807, 2.05) is 32.2 Å². The van der Waals surface area contributed by atoms with Crippen LogP contribution in [0.25, 0.3) is 0 Å². The first-order chi connectivity index (χ1) is 7.97. The molecule has 1 unspecified atom stereocenters. The van der Waals surface area contributed by atoms with Crippen LogP contribution in [0.3, 0.4) is 0 Å². The second-order valence-electron chi connectivity index (χ2n) is 4.41. The van der Waals surface area contributed by atoms with E-state index in [9.17, 15) is 0 Å². The van der Waals surface area contributed by atoms with Crippen molar-refractivity contribution in [1.29, 1.82) is 0 Å². The number of hydrogen-bond acceptors (Lipinski definition) is 3. The molecule has 3 nitrogen and oxygen atoms in total. The minimum atomic E-state index is 0.00301. The van der Waals surface area contributed by atoms with Gasteiger partial charge in [-0.05, 0) is 31.5 Å². The zero-order valence-electron chi connectivity index (χ0n) is 10.9. The molecule has 0 amide bonds. The lowest BCUT2D eigenvalue weighted by atomic mass is 10.1. The van der Waals surface area contributed by atoms with Gasteiger partial charge in [-0.15, -0.1) is 0 Å². The van der Waals surface area contributed by atoms with Crippen LogP contribution in [0, 0.1) is 0 Å². The Morgan fingerprint density at radius 1 is 1.41 bits per heavy atom. The highest BCUT2D eigenvalue weighted by atomic mass is 35.5. The first kappa shape index (κ1) is 14.3. The van der Waals surface area contributed by atoms with Gasteiger partial charge < -0.3 is 15.4 Å². The summed E-state index contributed by atoms with van der Waals surface area (Å²) in [5.74, 6) is 0. The largest absolute Gasteiger partial charge is 0.383 e. The first-order valence-corrected chi connectivity index (χ1v) is 6.12. The number of halogens is 1. The molecule has 0 spiro atoms. The molecule has 0 aliphatic carbocycles. The standard InChI is InChI=1S/C13H21ClN2O/c1-9(8-17-4)16(3)13-6-5-11(10(2)15)7-12(13)14/h5-7,9-10H,8,15H2,1-4H3/t9?,10-/m0/s1. The summed E-state index contributed by atoms with van der Waals surface area (Å²) in [5.41, 5.74) is 7.87. The first-order valence-electron chi connectivity index (χ1n) is 5.74. The second kappa shape index (κ2) is 6.24. The van der Waals surface area contributed by atoms with Gasteiger partial charge in [0.1, 0.15) is 0 Å². The van der Waals surface area contributed by atoms with Gasteiger partial charge in [-0.2, -0.15) is 0 Å². The summed E-state index contributed by atoms with van der Waals surface area (Å²) in [6.07, 6.45) is 0. The van der Waals surface area contributed by atoms with E-state index in [2.05, 4.69) is 11.8 Å². The maximum atomic E-state index is 6.27. The van der Waals surface area contributed by atoms with Crippen molar-refractivity contribution in [3.05, 3.63) is 28.8 Å². The van der Waals surface area contributed by atoms with Gasteiger partial charge in [-0.1, -0.05) is 17.7 Å². The molecule has 1 aromatic carbocycles. The minimum Gasteiger partial charge on any atom is -0.383 e. The predicted molar refractivity (Wildman–Crippen MR) is 73.8 cm³/mol. The van der Waals surface area contributed by atoms with Gasteiger partial charge >= 0.3 is 0 Å². The van der Waals surface area contributed by atoms with Crippen molar-refractivity contribution in [2.24, 2.45) is 5.73 Å². The molecule has 0 bridgehead atoms. The van der Waals surface area contributed by atoms with Gasteiger partial charge in [0, 0.05) is 26.2 Å². The number of likely N-dealkylation sites (N-methyl/N-ethyl adjacent to an activating group) is 1. The normalized spacial score (nSPS) is 14.5. The van der Waals surface area contributed by atoms with Gasteiger partial charge in [0.25, 0.3) is 0 Å². The molecule has 0 aliphatic heterocycles. The molecule has 17 heavy (non-hydrogen) atoms. The fourth-order valence-electron chi connectivity index (χ4n) is 1.68. The summed E-state index contributed by atoms with van der Waals surface area (Å²) >= 11 is 6.27. The average molecular weight is 257 g/mol. The van der Waals surface area contributed by atoms with Crippen LogP contribution in [0.1, 0.15) is 25.5 Å². The van der Waals surface area contributed by atoms with Gasteiger partial charge in [0.2, 0.25) is 0 Å². The fourth-order valence-corrected chi connectivity index (χ4v) is 2.01. The number of hydrogen-bond donors (Lipinski definition) is 1. The predicted octanol–water partition coefficient (Wildman–Crippen LogP) is 2.83. The zero-order valence-corrected chi connectivity index (χ0v) is 11.7. The molecule has 1 aromatic rings. The summed E-state index contributed by atoms with van der Waals surface area (Å²) < 4.78 is 5.14. The lowest BCUT2D eigenvalue weighted by molar-refractivity contribution is 0.183. The van der Waals surface area contributed by atoms with Gasteiger partial charge in [0.15, 0.2) is 0 Å². The van der Waals surface area contributed by atoms with Crippen molar-refractivity contribution < 1.29 is 4.74 Å². The maximum absolute atomic E-state index is 6.27. The Kier molecular flexibility index (Phi) is 5.25. The van der Waals surface area contributed by atoms with E-state index in [1.165, 1.54) is 0 Å². The van der Waals surface area contributed by atoms with E-state index in [1.54, 1.807) is 7.11 Å². The molecule has 0 heterocycles. The topological polar surface area (TPSA) is 38.5 Å². The van der Waals surface area contributed by atoms with Crippen molar-refractivity contribution in [2.45, 2.75) is 25.9 Å². The van der Waals surface area contributed by atoms with Crippen molar-refractivity contribution in [2.75, 3.05) is 25.7 Å². The molecular formula is C13H21ClN2O. The number of nitrogens with zero attached hydrogens (tertiary/aromatic N) is 1. The Balaban J connectivity index is 2.91. The van der Waals surface area contributed by atoms with Gasteiger partial charge in [-0.3, -0.25) is 0 Å². The summed E-state index contributed by atoms with van der Waals surface area (Å²) in [7, 11) is 3.71. The van der Waals surface area contributed by atoms with Crippen molar-refractivity contribution >= 4 is 17.3 Å². The Labute approximate surface area is 109 Å². The fraction of sp³-hybridized carbons (Fsp3) is 0.538. The van der Waals surface area contributed by atoms with E-state index in [-0.39, 0.29) is 12.1 Å². The highest BCUT2D eigenvalue weighted by Crippen LogP contribution is 2.28. The Bertz CT molecular complexity index is 368. The molecule has 1 rings (SSSR count). The van der Waals surface area contributed by atoms with Crippen LogP contribution in [0.4, 0.5) is 5.69 Å². The molecule has 0 radical (unpaired) electrons. The van der Waals surface area contributed by atoms with Crippen LogP contribution < -0.4 is 10.6 Å². The molecule has 0 fully saturated rings. The van der Waals surface area contributed by atoms with E-state index < -0.39 is 0 Å². The number of rotatable bonds is 5. The lowest BCUT2D eigenvalue weighted by Gasteiger charge is -2.27. The highest BCUT2D eigenvalue weighted by Gasteiger charge is 2.13. The summed E-state index contributed by atoms with van der Waals surface area (Å²) in [6.45, 7) is 4.71. The summed E-state index contributed by atoms with van der Waals surface area (Å²) in [5, 5.41) is 0.727. The molecule has 2 N–H and O–H groups in total. The molecule has 0 saturated heterocycles. The van der Waals surface area contributed by atoms with Crippen LogP contribution in [-0.2, 0) is 4.74 Å². The number of anilines is 1. The number of nitrogens with two attached hydrogens (primary N) is 1. The maximum Gasteiger partial charge on any atom is 0.0663 e. The molecule has 2 atom stereocenters. The van der Waals surface area contributed by atoms with Gasteiger partial charge in [0.05, 0.1) is 17.3 Å². The van der Waals surface area contributed by atoms with E-state index >= 15 is 0 Å². The summed E-state index contributed by atoms with van der Waals surface area (Å²) in [4.78, 5) is 2.11. The number of benzene rings is 1. The van der Waals surface area contributed by atoms with Crippen molar-refractivity contribution in [3.63, 3.8) is 0 Å². The quantitative estimate of drug-likeness (QED) is 0.881. The summed E-state index contributed by atoms with van der Waals surface area (Å²) in [6, 6.07) is 6.23. The molecule has 4 heteroatoms. The van der Waals surface area contributed by atoms with Crippen LogP contribution in [-0.4, -0.2) is 26.8 Å². The number of ether oxygens (including phenoxy) is 1. The molecule has 96 valence electrons. The smallest absolute Gasteiger partial charge is 0.0663 e. The molecule has 0 saturated carbocycles. The number of methoxy groups -OCH3 is 1. The third-order valence-electron chi connectivity index (χ3n) is 2.95. The van der Waals surface area contributed by atoms with Crippen LogP contribution in [0.5, 0.6) is 0 Å². The van der Waals surface area contributed by atoms with Crippen molar-refractivity contribution in [1.82, 2.24) is 0 Å². The second-order valence-corrected chi connectivity index (χ2v) is 4.82. The Morgan fingerprint density at radius 3 is 2.53 bits per heavy atom. The third-order valence-corrected chi connectivity index (χ3v) is 3.25. The Hall–Kier alpha value is -0.770. The lowest BCUT2D eigenvalue weighted by Crippen LogP contribution is -2.32. The van der Waals surface area contributed by atoms with E-state index in [0.717, 1.165) is 16.3 Å². The minimum absolute atomic E-state index is 0.00301. The highest BCUT2D eigenvalue weighted by molar-refractivity contribution is 6.33. The van der Waals surface area contributed by atoms with Crippen LogP contribution >= 0.6 is 11.6 Å². The monoisotopic (exact) mass is 256 g/mol. The van der Waals surface area contributed by atoms with Crippen LogP contribution in [0.2, 0.25) is 5.02 Å². The van der Waals surface area contributed by atoms with Gasteiger partial charge in [-0.25, -0.2) is 0 Å². The molecular weight excluding hydrogens is 236 g/mol. The van der Waals surface area contributed by atoms with Crippen molar-refractivity contribution in [3.8, 4) is 0 Å².